The maximum absolute atomic E-state index is 7.67. The van der Waals surface area contributed by atoms with Crippen LogP contribution in [0.15, 0.2) is 5.16 Å². The molecule has 2 heteroatoms. The summed E-state index contributed by atoms with van der Waals surface area (Å²) in [5, 5.41) is 10.4. The van der Waals surface area contributed by atoms with Crippen molar-refractivity contribution in [3.63, 3.8) is 0 Å². The van der Waals surface area contributed by atoms with Gasteiger partial charge in [0.05, 0.1) is 5.71 Å². The van der Waals surface area contributed by atoms with Gasteiger partial charge in [-0.25, -0.2) is 0 Å². The molecule has 0 bridgehead atoms. The van der Waals surface area contributed by atoms with Crippen molar-refractivity contribution in [1.82, 2.24) is 0 Å². The zero-order chi connectivity index (χ0) is 4.28. The molecule has 0 heterocycles. The molecule has 0 aromatic rings. The Morgan fingerprint density at radius 1 is 2.00 bits per heavy atom. The number of hydrogen-bond acceptors (Lipinski definition) is 2. The van der Waals surface area contributed by atoms with E-state index in [4.69, 9.17) is 5.21 Å². The molecule has 0 fully saturated rings. The fourth-order valence-corrected chi connectivity index (χ4v) is 0. The minimum absolute atomic E-state index is 0.435. The first-order valence-electron chi connectivity index (χ1n) is 1.28. The van der Waals surface area contributed by atoms with Gasteiger partial charge in [-0.3, -0.25) is 0 Å². The molecule has 0 saturated heterocycles. The second-order valence-electron chi connectivity index (χ2n) is 0.835. The van der Waals surface area contributed by atoms with Gasteiger partial charge in [-0.05, 0) is 13.8 Å². The van der Waals surface area contributed by atoms with Gasteiger partial charge in [0.2, 0.25) is 0 Å². The van der Waals surface area contributed by atoms with E-state index in [1.165, 1.54) is 0 Å². The highest BCUT2D eigenvalue weighted by atomic mass is 16.4. The molecule has 0 unspecified atom stereocenters. The molecule has 1 radical (unpaired) electrons. The Labute approximate surface area is 31.1 Å². The van der Waals surface area contributed by atoms with Crippen LogP contribution in [0, 0.1) is 6.92 Å². The minimum atomic E-state index is 0.435. The molecule has 29 valence electrons. The molecule has 0 aromatic carbocycles. The maximum atomic E-state index is 7.67. The lowest BCUT2D eigenvalue weighted by atomic mass is 10.5. The first kappa shape index (κ1) is 4.47. The normalized spacial score (nSPS) is 12.0. The number of oxime groups is 1. The smallest absolute Gasteiger partial charge is 0.0543 e. The van der Waals surface area contributed by atoms with Crippen molar-refractivity contribution in [2.45, 2.75) is 6.92 Å². The fraction of sp³-hybridized carbons (Fsp3) is 0.333. The summed E-state index contributed by atoms with van der Waals surface area (Å²) in [5.74, 6) is 0. The van der Waals surface area contributed by atoms with E-state index >= 15 is 0 Å². The van der Waals surface area contributed by atoms with Crippen LogP contribution in [0.25, 0.3) is 0 Å². The lowest BCUT2D eigenvalue weighted by Gasteiger charge is -1.71. The number of hydrogen-bond donors (Lipinski definition) is 1. The Morgan fingerprint density at radius 3 is 2.20 bits per heavy atom. The molecule has 2 nitrogen and oxygen atoms in total. The van der Waals surface area contributed by atoms with Crippen molar-refractivity contribution in [3.05, 3.63) is 6.92 Å². The Balaban J connectivity index is 3.14. The van der Waals surface area contributed by atoms with E-state index in [9.17, 15) is 0 Å². The van der Waals surface area contributed by atoms with Crippen LogP contribution in [0.1, 0.15) is 6.92 Å². The van der Waals surface area contributed by atoms with Gasteiger partial charge in [0.1, 0.15) is 0 Å². The Kier molecular flexibility index (Phi) is 1.57. The fourth-order valence-electron chi connectivity index (χ4n) is 0. The van der Waals surface area contributed by atoms with Gasteiger partial charge in [-0.2, -0.15) is 0 Å². The van der Waals surface area contributed by atoms with Gasteiger partial charge in [-0.1, -0.05) is 5.16 Å². The number of rotatable bonds is 0. The summed E-state index contributed by atoms with van der Waals surface area (Å²) in [7, 11) is 0. The van der Waals surface area contributed by atoms with Crippen LogP contribution in [-0.4, -0.2) is 10.9 Å². The van der Waals surface area contributed by atoms with Crippen LogP contribution in [0.3, 0.4) is 0 Å². The third kappa shape index (κ3) is 3.47. The van der Waals surface area contributed by atoms with Gasteiger partial charge in [-0.15, -0.1) is 0 Å². The Hall–Kier alpha value is -0.530. The monoisotopic (exact) mass is 72.0 g/mol. The van der Waals surface area contributed by atoms with E-state index in [1.807, 2.05) is 0 Å². The summed E-state index contributed by atoms with van der Waals surface area (Å²) < 4.78 is 0. The van der Waals surface area contributed by atoms with E-state index in [1.54, 1.807) is 6.92 Å². The third-order valence-electron chi connectivity index (χ3n) is 0.171. The molecular formula is C3H6NO. The highest BCUT2D eigenvalue weighted by Gasteiger charge is 1.65. The van der Waals surface area contributed by atoms with E-state index in [0.29, 0.717) is 5.71 Å². The second-order valence-corrected chi connectivity index (χ2v) is 0.835. The number of nitrogens with zero attached hydrogens (tertiary/aromatic N) is 1. The zero-order valence-corrected chi connectivity index (χ0v) is 3.10. The Morgan fingerprint density at radius 2 is 2.20 bits per heavy atom. The molecule has 0 amide bonds. The van der Waals surface area contributed by atoms with E-state index in [-0.39, 0.29) is 0 Å². The van der Waals surface area contributed by atoms with Crippen LogP contribution in [-0.2, 0) is 0 Å². The van der Waals surface area contributed by atoms with Gasteiger partial charge in [0.25, 0.3) is 0 Å². The van der Waals surface area contributed by atoms with Crippen LogP contribution in [0.5, 0.6) is 0 Å². The van der Waals surface area contributed by atoms with Gasteiger partial charge >= 0.3 is 0 Å². The van der Waals surface area contributed by atoms with Crippen molar-refractivity contribution in [3.8, 4) is 0 Å². The van der Waals surface area contributed by atoms with Crippen LogP contribution in [0.4, 0.5) is 0 Å². The minimum Gasteiger partial charge on any atom is -0.411 e. The Bertz CT molecular complexity index is 44.9. The van der Waals surface area contributed by atoms with Crippen molar-refractivity contribution in [1.29, 1.82) is 0 Å². The molecule has 0 spiro atoms. The molecular weight excluding hydrogens is 66.0 g/mol. The molecule has 5 heavy (non-hydrogen) atoms. The molecule has 0 aromatic heterocycles. The highest BCUT2D eigenvalue weighted by Crippen LogP contribution is 1.61. The molecule has 1 N–H and O–H groups in total. The highest BCUT2D eigenvalue weighted by molar-refractivity contribution is 5.85. The van der Waals surface area contributed by atoms with Crippen LogP contribution in [0.2, 0.25) is 0 Å². The molecule has 0 aliphatic rings. The zero-order valence-electron chi connectivity index (χ0n) is 3.10. The molecule has 0 saturated carbocycles. The first-order chi connectivity index (χ1) is 2.27. The maximum Gasteiger partial charge on any atom is 0.0543 e. The summed E-state index contributed by atoms with van der Waals surface area (Å²) in [4.78, 5) is 0. The van der Waals surface area contributed by atoms with Crippen LogP contribution < -0.4 is 0 Å². The first-order valence-corrected chi connectivity index (χ1v) is 1.28. The molecule has 0 atom stereocenters. The predicted molar refractivity (Wildman–Crippen MR) is 20.3 cm³/mol. The van der Waals surface area contributed by atoms with E-state index < -0.39 is 0 Å². The van der Waals surface area contributed by atoms with Crippen molar-refractivity contribution in [2.75, 3.05) is 0 Å². The van der Waals surface area contributed by atoms with E-state index in [0.717, 1.165) is 0 Å². The summed E-state index contributed by atoms with van der Waals surface area (Å²) in [6.07, 6.45) is 0. The summed E-state index contributed by atoms with van der Waals surface area (Å²) in [6, 6.07) is 0. The predicted octanol–water partition coefficient (Wildman–Crippen LogP) is 0.671. The largest absolute Gasteiger partial charge is 0.411 e. The average Bonchev–Trinajstić information content (AvgIpc) is 1.38. The van der Waals surface area contributed by atoms with Crippen molar-refractivity contribution < 1.29 is 5.21 Å². The SMILES string of the molecule is [CH2]/C(C)=N/O. The molecule has 0 aliphatic heterocycles. The average molecular weight is 72.1 g/mol. The lowest BCUT2D eigenvalue weighted by Crippen LogP contribution is -1.75. The molecule has 0 rings (SSSR count). The quantitative estimate of drug-likeness (QED) is 0.254. The standard InChI is InChI=1S/C3H6NO/c1-3(2)4-5/h5H,1H2,2H3/b4-3-. The van der Waals surface area contributed by atoms with Gasteiger partial charge < -0.3 is 5.21 Å². The van der Waals surface area contributed by atoms with Gasteiger partial charge in [0, 0.05) is 0 Å². The summed E-state index contributed by atoms with van der Waals surface area (Å²) in [5.41, 5.74) is 0.435. The van der Waals surface area contributed by atoms with Crippen LogP contribution >= 0.6 is 0 Å². The summed E-state index contributed by atoms with van der Waals surface area (Å²) in [6.45, 7) is 4.87. The lowest BCUT2D eigenvalue weighted by molar-refractivity contribution is 0.319. The van der Waals surface area contributed by atoms with Crippen molar-refractivity contribution >= 4 is 5.71 Å². The van der Waals surface area contributed by atoms with Crippen molar-refractivity contribution in [2.24, 2.45) is 5.16 Å². The van der Waals surface area contributed by atoms with Gasteiger partial charge in [0.15, 0.2) is 0 Å². The van der Waals surface area contributed by atoms with E-state index in [2.05, 4.69) is 12.1 Å². The summed E-state index contributed by atoms with van der Waals surface area (Å²) >= 11 is 0. The molecule has 0 aliphatic carbocycles. The third-order valence-corrected chi connectivity index (χ3v) is 0.171. The second kappa shape index (κ2) is 1.76. The topological polar surface area (TPSA) is 32.6 Å².